The summed E-state index contributed by atoms with van der Waals surface area (Å²) in [5.41, 5.74) is 2.08. The number of carboxylic acids is 1. The lowest BCUT2D eigenvalue weighted by Crippen LogP contribution is -2.45. The second kappa shape index (κ2) is 14.0. The molecule has 2 aliphatic heterocycles. The highest BCUT2D eigenvalue weighted by molar-refractivity contribution is 5.79. The van der Waals surface area contributed by atoms with E-state index in [2.05, 4.69) is 41.5 Å². The second-order valence-electron chi connectivity index (χ2n) is 11.5. The highest BCUT2D eigenvalue weighted by Crippen LogP contribution is 2.43. The maximum atomic E-state index is 13.7. The maximum absolute atomic E-state index is 13.7. The quantitative estimate of drug-likeness (QED) is 0.335. The number of nitrogens with zero attached hydrogens (tertiary/aromatic N) is 4. The van der Waals surface area contributed by atoms with Gasteiger partial charge in [-0.2, -0.15) is 0 Å². The van der Waals surface area contributed by atoms with Crippen LogP contribution in [0, 0.1) is 5.92 Å². The number of amides is 1. The van der Waals surface area contributed by atoms with Gasteiger partial charge >= 0.3 is 5.97 Å². The first-order valence-electron chi connectivity index (χ1n) is 14.7. The number of hydrogen-bond donors (Lipinski definition) is 1. The van der Waals surface area contributed by atoms with Crippen LogP contribution >= 0.6 is 0 Å². The third-order valence-corrected chi connectivity index (χ3v) is 8.36. The summed E-state index contributed by atoms with van der Waals surface area (Å²) in [4.78, 5) is 32.8. The Labute approximate surface area is 238 Å². The van der Waals surface area contributed by atoms with Crippen molar-refractivity contribution in [3.05, 3.63) is 47.8 Å². The van der Waals surface area contributed by atoms with Gasteiger partial charge in [0.25, 0.3) is 0 Å². The minimum Gasteiger partial charge on any atom is -0.481 e. The number of ether oxygens (including phenoxy) is 2. The van der Waals surface area contributed by atoms with Gasteiger partial charge in [0.1, 0.15) is 0 Å². The average Bonchev–Trinajstić information content (AvgIpc) is 3.64. The lowest BCUT2D eigenvalue weighted by molar-refractivity contribution is -0.143. The molecule has 0 spiro atoms. The fraction of sp³-hybridized carbons (Fsp3) is 0.613. The van der Waals surface area contributed by atoms with E-state index in [9.17, 15) is 14.7 Å². The van der Waals surface area contributed by atoms with E-state index in [4.69, 9.17) is 9.47 Å². The molecule has 220 valence electrons. The van der Waals surface area contributed by atoms with Crippen LogP contribution in [0.3, 0.4) is 0 Å². The Morgan fingerprint density at radius 1 is 1.05 bits per heavy atom. The molecule has 1 amide bonds. The summed E-state index contributed by atoms with van der Waals surface area (Å²) < 4.78 is 13.2. The predicted octanol–water partition coefficient (Wildman–Crippen LogP) is 3.83. The van der Waals surface area contributed by atoms with Crippen molar-refractivity contribution in [2.45, 2.75) is 57.4 Å². The van der Waals surface area contributed by atoms with Crippen molar-refractivity contribution in [2.24, 2.45) is 13.0 Å². The summed E-state index contributed by atoms with van der Waals surface area (Å²) in [6.45, 7) is 5.55. The first-order valence-corrected chi connectivity index (χ1v) is 14.7. The van der Waals surface area contributed by atoms with Crippen LogP contribution in [0.1, 0.15) is 56.2 Å². The van der Waals surface area contributed by atoms with Gasteiger partial charge in [-0.25, -0.2) is 0 Å². The Morgan fingerprint density at radius 3 is 2.50 bits per heavy atom. The Hall–Kier alpha value is -3.04. The molecule has 0 saturated carbocycles. The molecule has 1 aromatic heterocycles. The van der Waals surface area contributed by atoms with Crippen molar-refractivity contribution in [3.63, 3.8) is 0 Å². The number of hydrogen-bond acceptors (Lipinski definition) is 6. The SMILES string of the molecule is CCCCN(CCCCN(C)C)C(=O)CN1CC(c2ccc3c(c2)OCO3)C(C(=O)O)C1CCc1cccn1C. The number of aliphatic carboxylic acids is 1. The van der Waals surface area contributed by atoms with Gasteiger partial charge in [0.2, 0.25) is 12.7 Å². The monoisotopic (exact) mass is 554 g/mol. The molecule has 3 heterocycles. The molecule has 3 unspecified atom stereocenters. The van der Waals surface area contributed by atoms with Gasteiger partial charge in [-0.1, -0.05) is 19.4 Å². The zero-order valence-corrected chi connectivity index (χ0v) is 24.6. The number of aryl methyl sites for hydroxylation is 2. The average molecular weight is 555 g/mol. The van der Waals surface area contributed by atoms with Crippen molar-refractivity contribution < 1.29 is 24.2 Å². The highest BCUT2D eigenvalue weighted by atomic mass is 16.7. The van der Waals surface area contributed by atoms with Crippen molar-refractivity contribution >= 4 is 11.9 Å². The van der Waals surface area contributed by atoms with Gasteiger partial charge < -0.3 is 28.9 Å². The Kier molecular flexibility index (Phi) is 10.5. The van der Waals surface area contributed by atoms with Crippen LogP contribution in [0.25, 0.3) is 0 Å². The fourth-order valence-electron chi connectivity index (χ4n) is 6.10. The number of carbonyl (C=O) groups excluding carboxylic acids is 1. The molecule has 1 fully saturated rings. The third-order valence-electron chi connectivity index (χ3n) is 8.36. The number of unbranched alkanes of at least 4 members (excludes halogenated alkanes) is 2. The molecule has 0 bridgehead atoms. The number of rotatable bonds is 15. The molecular formula is C31H46N4O5. The minimum absolute atomic E-state index is 0.0950. The van der Waals surface area contributed by atoms with E-state index in [-0.39, 0.29) is 31.2 Å². The van der Waals surface area contributed by atoms with Crippen LogP contribution in [0.15, 0.2) is 36.5 Å². The van der Waals surface area contributed by atoms with Crippen molar-refractivity contribution in [2.75, 3.05) is 53.6 Å². The number of likely N-dealkylation sites (tertiary alicyclic amines) is 1. The standard InChI is InChI=1S/C31H46N4O5/c1-5-6-17-34(18-8-7-15-32(2)3)29(36)21-35-20-25(23-11-14-27-28(19-23)40-22-39-27)30(31(37)38)26(35)13-12-24-10-9-16-33(24)4/h9-11,14,16,19,25-26,30H,5-8,12-13,15,17-18,20-22H2,1-4H3,(H,37,38). The fourth-order valence-corrected chi connectivity index (χ4v) is 6.10. The molecule has 1 saturated heterocycles. The van der Waals surface area contributed by atoms with Crippen molar-refractivity contribution in [3.8, 4) is 11.5 Å². The molecule has 0 radical (unpaired) electrons. The van der Waals surface area contributed by atoms with E-state index < -0.39 is 11.9 Å². The van der Waals surface area contributed by atoms with Gasteiger partial charge in [0.05, 0.1) is 12.5 Å². The molecule has 2 aliphatic rings. The normalized spacial score (nSPS) is 20.4. The van der Waals surface area contributed by atoms with E-state index in [1.807, 2.05) is 42.4 Å². The summed E-state index contributed by atoms with van der Waals surface area (Å²) in [5, 5.41) is 10.5. The van der Waals surface area contributed by atoms with Gasteiger partial charge in [-0.15, -0.1) is 0 Å². The smallest absolute Gasteiger partial charge is 0.308 e. The summed E-state index contributed by atoms with van der Waals surface area (Å²) in [6.07, 6.45) is 7.42. The number of carboxylic acid groups (broad SMARTS) is 1. The highest BCUT2D eigenvalue weighted by Gasteiger charge is 2.47. The second-order valence-corrected chi connectivity index (χ2v) is 11.5. The minimum atomic E-state index is -0.818. The van der Waals surface area contributed by atoms with Crippen LogP contribution in [0.5, 0.6) is 11.5 Å². The Bertz CT molecular complexity index is 1130. The lowest BCUT2D eigenvalue weighted by Gasteiger charge is -2.30. The van der Waals surface area contributed by atoms with Gasteiger partial charge in [0.15, 0.2) is 11.5 Å². The first kappa shape index (κ1) is 29.9. The number of benzene rings is 1. The molecular weight excluding hydrogens is 508 g/mol. The van der Waals surface area contributed by atoms with E-state index in [0.29, 0.717) is 24.5 Å². The molecule has 9 heteroatoms. The van der Waals surface area contributed by atoms with Crippen LogP contribution in [0.2, 0.25) is 0 Å². The molecule has 2 aromatic rings. The van der Waals surface area contributed by atoms with Gasteiger partial charge in [-0.3, -0.25) is 14.5 Å². The number of aromatic nitrogens is 1. The number of fused-ring (bicyclic) bond motifs is 1. The van der Waals surface area contributed by atoms with Gasteiger partial charge in [-0.05, 0) is 82.6 Å². The molecule has 1 N–H and O–H groups in total. The van der Waals surface area contributed by atoms with Crippen LogP contribution in [-0.2, 0) is 23.1 Å². The summed E-state index contributed by atoms with van der Waals surface area (Å²) in [7, 11) is 6.15. The zero-order valence-electron chi connectivity index (χ0n) is 24.6. The zero-order chi connectivity index (χ0) is 28.6. The molecule has 4 rings (SSSR count). The van der Waals surface area contributed by atoms with E-state index in [1.54, 1.807) is 0 Å². The predicted molar refractivity (Wildman–Crippen MR) is 155 cm³/mol. The molecule has 9 nitrogen and oxygen atoms in total. The van der Waals surface area contributed by atoms with Crippen LogP contribution < -0.4 is 9.47 Å². The molecule has 40 heavy (non-hydrogen) atoms. The summed E-state index contributed by atoms with van der Waals surface area (Å²) >= 11 is 0. The third kappa shape index (κ3) is 7.37. The molecule has 1 aromatic carbocycles. The summed E-state index contributed by atoms with van der Waals surface area (Å²) in [6, 6.07) is 9.57. The van der Waals surface area contributed by atoms with Crippen molar-refractivity contribution in [1.29, 1.82) is 0 Å². The Balaban J connectivity index is 1.55. The van der Waals surface area contributed by atoms with Crippen molar-refractivity contribution in [1.82, 2.24) is 19.3 Å². The largest absolute Gasteiger partial charge is 0.481 e. The van der Waals surface area contributed by atoms with E-state index in [1.165, 1.54) is 0 Å². The molecule has 3 atom stereocenters. The van der Waals surface area contributed by atoms with Gasteiger partial charge in [0, 0.05) is 50.5 Å². The van der Waals surface area contributed by atoms with E-state index in [0.717, 1.165) is 63.0 Å². The topological polar surface area (TPSA) is 87.5 Å². The summed E-state index contributed by atoms with van der Waals surface area (Å²) in [5.74, 6) is -0.263. The molecule has 0 aliphatic carbocycles. The Morgan fingerprint density at radius 2 is 1.80 bits per heavy atom. The number of carbonyl (C=O) groups is 2. The maximum Gasteiger partial charge on any atom is 0.308 e. The lowest BCUT2D eigenvalue weighted by atomic mass is 9.83. The van der Waals surface area contributed by atoms with Crippen LogP contribution in [0.4, 0.5) is 0 Å². The van der Waals surface area contributed by atoms with Crippen LogP contribution in [-0.4, -0.2) is 95.9 Å². The first-order chi connectivity index (χ1) is 19.3. The van der Waals surface area contributed by atoms with E-state index >= 15 is 0 Å².